The summed E-state index contributed by atoms with van der Waals surface area (Å²) < 4.78 is 13.0. The molecule has 2 rings (SSSR count). The van der Waals surface area contributed by atoms with Gasteiger partial charge in [0.25, 0.3) is 0 Å². The summed E-state index contributed by atoms with van der Waals surface area (Å²) in [4.78, 5) is 13.9. The summed E-state index contributed by atoms with van der Waals surface area (Å²) in [5.74, 6) is -0.453. The molecule has 2 unspecified atom stereocenters. The predicted octanol–water partition coefficient (Wildman–Crippen LogP) is 1.91. The summed E-state index contributed by atoms with van der Waals surface area (Å²) in [6.45, 7) is 4.03. The molecule has 4 nitrogen and oxygen atoms in total. The third-order valence-electron chi connectivity index (χ3n) is 3.67. The summed E-state index contributed by atoms with van der Waals surface area (Å²) in [6, 6.07) is 4.07. The SMILES string of the molecule is CC(N)C(=O)NC1CCCN(Cc2ccc(F)cc2Cl)C1. The van der Waals surface area contributed by atoms with Gasteiger partial charge in [-0.3, -0.25) is 9.69 Å². The van der Waals surface area contributed by atoms with E-state index in [9.17, 15) is 9.18 Å². The second kappa shape index (κ2) is 7.20. The van der Waals surface area contributed by atoms with Crippen LogP contribution < -0.4 is 11.1 Å². The molecular formula is C15H21ClFN3O. The van der Waals surface area contributed by atoms with Crippen LogP contribution in [0, 0.1) is 5.82 Å². The number of amides is 1. The molecular weight excluding hydrogens is 293 g/mol. The summed E-state index contributed by atoms with van der Waals surface area (Å²) >= 11 is 6.06. The second-order valence-corrected chi connectivity index (χ2v) is 6.01. The van der Waals surface area contributed by atoms with Crippen LogP contribution in [0.3, 0.4) is 0 Å². The van der Waals surface area contributed by atoms with Crippen molar-refractivity contribution in [2.75, 3.05) is 13.1 Å². The lowest BCUT2D eigenvalue weighted by Gasteiger charge is -2.33. The summed E-state index contributed by atoms with van der Waals surface area (Å²) in [5, 5.41) is 3.40. The molecule has 116 valence electrons. The van der Waals surface area contributed by atoms with Gasteiger partial charge in [-0.15, -0.1) is 0 Å². The first kappa shape index (κ1) is 16.2. The van der Waals surface area contributed by atoms with E-state index in [4.69, 9.17) is 17.3 Å². The lowest BCUT2D eigenvalue weighted by Crippen LogP contribution is -2.51. The van der Waals surface area contributed by atoms with E-state index in [0.717, 1.165) is 31.5 Å². The molecule has 0 aliphatic carbocycles. The molecule has 0 saturated carbocycles. The van der Waals surface area contributed by atoms with E-state index in [-0.39, 0.29) is 17.8 Å². The molecule has 3 N–H and O–H groups in total. The Kier molecular flexibility index (Phi) is 5.56. The number of carbonyl (C=O) groups excluding carboxylic acids is 1. The molecule has 0 bridgehead atoms. The highest BCUT2D eigenvalue weighted by Gasteiger charge is 2.22. The number of nitrogens with zero attached hydrogens (tertiary/aromatic N) is 1. The Morgan fingerprint density at radius 3 is 3.05 bits per heavy atom. The minimum absolute atomic E-state index is 0.108. The molecule has 6 heteroatoms. The Bertz CT molecular complexity index is 510. The van der Waals surface area contributed by atoms with E-state index in [1.807, 2.05) is 0 Å². The van der Waals surface area contributed by atoms with E-state index < -0.39 is 6.04 Å². The summed E-state index contributed by atoms with van der Waals surface area (Å²) in [7, 11) is 0. The first-order chi connectivity index (χ1) is 9.95. The first-order valence-electron chi connectivity index (χ1n) is 7.18. The van der Waals surface area contributed by atoms with E-state index in [0.29, 0.717) is 11.6 Å². The number of likely N-dealkylation sites (tertiary alicyclic amines) is 1. The average molecular weight is 314 g/mol. The van der Waals surface area contributed by atoms with Gasteiger partial charge in [0.05, 0.1) is 6.04 Å². The van der Waals surface area contributed by atoms with Gasteiger partial charge in [0.15, 0.2) is 0 Å². The highest BCUT2D eigenvalue weighted by molar-refractivity contribution is 6.31. The van der Waals surface area contributed by atoms with Crippen molar-refractivity contribution in [2.24, 2.45) is 5.73 Å². The lowest BCUT2D eigenvalue weighted by molar-refractivity contribution is -0.123. The maximum atomic E-state index is 13.0. The largest absolute Gasteiger partial charge is 0.351 e. The number of hydrogen-bond donors (Lipinski definition) is 2. The van der Waals surface area contributed by atoms with Crippen LogP contribution in [0.5, 0.6) is 0 Å². The van der Waals surface area contributed by atoms with E-state index in [1.54, 1.807) is 13.0 Å². The van der Waals surface area contributed by atoms with Crippen LogP contribution in [0.1, 0.15) is 25.3 Å². The molecule has 1 aromatic carbocycles. The molecule has 21 heavy (non-hydrogen) atoms. The number of carbonyl (C=O) groups is 1. The highest BCUT2D eigenvalue weighted by Crippen LogP contribution is 2.21. The quantitative estimate of drug-likeness (QED) is 0.892. The predicted molar refractivity (Wildman–Crippen MR) is 81.5 cm³/mol. The fraction of sp³-hybridized carbons (Fsp3) is 0.533. The van der Waals surface area contributed by atoms with Gasteiger partial charge in [-0.05, 0) is 44.0 Å². The minimum atomic E-state index is -0.494. The van der Waals surface area contributed by atoms with Crippen molar-refractivity contribution in [1.29, 1.82) is 0 Å². The fourth-order valence-electron chi connectivity index (χ4n) is 2.54. The second-order valence-electron chi connectivity index (χ2n) is 5.61. The number of nitrogens with one attached hydrogen (secondary N) is 1. The van der Waals surface area contributed by atoms with Crippen LogP contribution >= 0.6 is 11.6 Å². The minimum Gasteiger partial charge on any atom is -0.351 e. The summed E-state index contributed by atoms with van der Waals surface area (Å²) in [6.07, 6.45) is 1.95. The number of piperidine rings is 1. The fourth-order valence-corrected chi connectivity index (χ4v) is 2.77. The van der Waals surface area contributed by atoms with Crippen molar-refractivity contribution < 1.29 is 9.18 Å². The number of benzene rings is 1. The molecule has 1 fully saturated rings. The van der Waals surface area contributed by atoms with Crippen molar-refractivity contribution >= 4 is 17.5 Å². The van der Waals surface area contributed by atoms with Crippen LogP contribution in [-0.2, 0) is 11.3 Å². The Morgan fingerprint density at radius 1 is 1.62 bits per heavy atom. The third kappa shape index (κ3) is 4.66. The van der Waals surface area contributed by atoms with Gasteiger partial charge in [-0.1, -0.05) is 17.7 Å². The van der Waals surface area contributed by atoms with Crippen LogP contribution in [-0.4, -0.2) is 36.0 Å². The molecule has 0 spiro atoms. The lowest BCUT2D eigenvalue weighted by atomic mass is 10.0. The maximum Gasteiger partial charge on any atom is 0.236 e. The van der Waals surface area contributed by atoms with Gasteiger partial charge < -0.3 is 11.1 Å². The number of nitrogens with two attached hydrogens (primary N) is 1. The average Bonchev–Trinajstić information content (AvgIpc) is 2.42. The number of halogens is 2. The van der Waals surface area contributed by atoms with Crippen molar-refractivity contribution in [3.63, 3.8) is 0 Å². The molecule has 1 aromatic rings. The van der Waals surface area contributed by atoms with Crippen LogP contribution in [0.25, 0.3) is 0 Å². The number of hydrogen-bond acceptors (Lipinski definition) is 3. The van der Waals surface area contributed by atoms with Gasteiger partial charge in [0, 0.05) is 24.2 Å². The van der Waals surface area contributed by atoms with Crippen molar-refractivity contribution in [3.05, 3.63) is 34.6 Å². The van der Waals surface area contributed by atoms with Crippen molar-refractivity contribution in [3.8, 4) is 0 Å². The smallest absolute Gasteiger partial charge is 0.236 e. The zero-order valence-corrected chi connectivity index (χ0v) is 12.9. The van der Waals surface area contributed by atoms with Crippen molar-refractivity contribution in [1.82, 2.24) is 10.2 Å². The normalized spacial score (nSPS) is 21.0. The molecule has 1 saturated heterocycles. The maximum absolute atomic E-state index is 13.0. The highest BCUT2D eigenvalue weighted by atomic mass is 35.5. The van der Waals surface area contributed by atoms with Crippen LogP contribution in [0.2, 0.25) is 5.02 Å². The zero-order chi connectivity index (χ0) is 15.4. The first-order valence-corrected chi connectivity index (χ1v) is 7.55. The Balaban J connectivity index is 1.93. The number of rotatable bonds is 4. The molecule has 1 amide bonds. The van der Waals surface area contributed by atoms with Gasteiger partial charge in [-0.25, -0.2) is 4.39 Å². The topological polar surface area (TPSA) is 58.4 Å². The Hall–Kier alpha value is -1.17. The molecule has 1 aliphatic rings. The standard InChI is InChI=1S/C15H21ClFN3O/c1-10(18)15(21)19-13-3-2-6-20(9-13)8-11-4-5-12(17)7-14(11)16/h4-5,7,10,13H,2-3,6,8-9,18H2,1H3,(H,19,21). The molecule has 1 heterocycles. The zero-order valence-electron chi connectivity index (χ0n) is 12.1. The van der Waals surface area contributed by atoms with E-state index >= 15 is 0 Å². The molecule has 0 aromatic heterocycles. The van der Waals surface area contributed by atoms with Crippen molar-refractivity contribution in [2.45, 2.75) is 38.4 Å². The van der Waals surface area contributed by atoms with E-state index in [1.165, 1.54) is 12.1 Å². The van der Waals surface area contributed by atoms with E-state index in [2.05, 4.69) is 10.2 Å². The van der Waals surface area contributed by atoms with Gasteiger partial charge >= 0.3 is 0 Å². The van der Waals surface area contributed by atoms with Gasteiger partial charge in [0.1, 0.15) is 5.82 Å². The van der Waals surface area contributed by atoms with Crippen LogP contribution in [0.4, 0.5) is 4.39 Å². The summed E-state index contributed by atoms with van der Waals surface area (Å²) in [5.41, 5.74) is 6.47. The third-order valence-corrected chi connectivity index (χ3v) is 4.03. The Labute approximate surface area is 129 Å². The van der Waals surface area contributed by atoms with Gasteiger partial charge in [0.2, 0.25) is 5.91 Å². The molecule has 2 atom stereocenters. The van der Waals surface area contributed by atoms with Gasteiger partial charge in [-0.2, -0.15) is 0 Å². The Morgan fingerprint density at radius 2 is 2.38 bits per heavy atom. The van der Waals surface area contributed by atoms with Crippen LogP contribution in [0.15, 0.2) is 18.2 Å². The monoisotopic (exact) mass is 313 g/mol. The molecule has 1 aliphatic heterocycles. The molecule has 0 radical (unpaired) electrons.